The third-order valence-corrected chi connectivity index (χ3v) is 1.29. The van der Waals surface area contributed by atoms with Gasteiger partial charge in [-0.15, -0.1) is 0 Å². The van der Waals surface area contributed by atoms with Crippen LogP contribution in [-0.2, 0) is 11.3 Å². The van der Waals surface area contributed by atoms with Crippen LogP contribution in [0.2, 0.25) is 0 Å². The summed E-state index contributed by atoms with van der Waals surface area (Å²) in [4.78, 5) is 14.7. The molecule has 1 aromatic rings. The standard InChI is InChI=1S/C8H10N2O2/c1-6(2)8(11)10-4-7-3-9-5-12-7/h3,5H,1,4H2,2H3,(H,10,11). The molecule has 0 atom stereocenters. The molecule has 12 heavy (non-hydrogen) atoms. The third kappa shape index (κ3) is 2.23. The van der Waals surface area contributed by atoms with Gasteiger partial charge in [0.2, 0.25) is 5.91 Å². The SMILES string of the molecule is C=C(C)C(=O)NCc1cnco1. The number of carbonyl (C=O) groups is 1. The maximum atomic E-state index is 11.0. The number of oxazole rings is 1. The first kappa shape index (κ1) is 8.52. The largest absolute Gasteiger partial charge is 0.447 e. The molecule has 0 unspecified atom stereocenters. The Morgan fingerprint density at radius 3 is 3.08 bits per heavy atom. The van der Waals surface area contributed by atoms with Crippen LogP contribution in [0.25, 0.3) is 0 Å². The molecule has 1 heterocycles. The zero-order valence-electron chi connectivity index (χ0n) is 6.83. The van der Waals surface area contributed by atoms with Gasteiger partial charge in [-0.2, -0.15) is 0 Å². The lowest BCUT2D eigenvalue weighted by molar-refractivity contribution is -0.117. The molecule has 0 aliphatic carbocycles. The molecule has 1 N–H and O–H groups in total. The highest BCUT2D eigenvalue weighted by molar-refractivity contribution is 5.91. The predicted octanol–water partition coefficient (Wildman–Crippen LogP) is 0.867. The summed E-state index contributed by atoms with van der Waals surface area (Å²) in [6.45, 7) is 5.50. The van der Waals surface area contributed by atoms with E-state index in [4.69, 9.17) is 4.42 Å². The Hall–Kier alpha value is -1.58. The van der Waals surface area contributed by atoms with Crippen LogP contribution in [0.5, 0.6) is 0 Å². The topological polar surface area (TPSA) is 55.1 Å². The molecule has 0 spiro atoms. The quantitative estimate of drug-likeness (QED) is 0.678. The Morgan fingerprint density at radius 2 is 2.58 bits per heavy atom. The molecule has 0 aliphatic heterocycles. The Bertz CT molecular complexity index is 277. The van der Waals surface area contributed by atoms with Gasteiger partial charge < -0.3 is 9.73 Å². The average molecular weight is 166 g/mol. The molecule has 1 amide bonds. The number of carbonyl (C=O) groups excluding carboxylic acids is 1. The van der Waals surface area contributed by atoms with Crippen LogP contribution >= 0.6 is 0 Å². The zero-order valence-corrected chi connectivity index (χ0v) is 6.83. The van der Waals surface area contributed by atoms with E-state index < -0.39 is 0 Å². The molecule has 0 saturated heterocycles. The van der Waals surface area contributed by atoms with Crippen molar-refractivity contribution in [2.45, 2.75) is 13.5 Å². The van der Waals surface area contributed by atoms with Gasteiger partial charge in [-0.25, -0.2) is 4.98 Å². The summed E-state index contributed by atoms with van der Waals surface area (Å²) in [5.74, 6) is 0.455. The Kier molecular flexibility index (Phi) is 2.63. The van der Waals surface area contributed by atoms with Gasteiger partial charge in [0.15, 0.2) is 6.39 Å². The van der Waals surface area contributed by atoms with Crippen molar-refractivity contribution in [2.75, 3.05) is 0 Å². The van der Waals surface area contributed by atoms with E-state index in [1.807, 2.05) is 0 Å². The fraction of sp³-hybridized carbons (Fsp3) is 0.250. The fourth-order valence-electron chi connectivity index (χ4n) is 0.648. The molecule has 4 heteroatoms. The van der Waals surface area contributed by atoms with E-state index in [-0.39, 0.29) is 5.91 Å². The van der Waals surface area contributed by atoms with Crippen molar-refractivity contribution in [2.24, 2.45) is 0 Å². The second-order valence-corrected chi connectivity index (χ2v) is 2.43. The van der Waals surface area contributed by atoms with Gasteiger partial charge in [0.05, 0.1) is 12.7 Å². The summed E-state index contributed by atoms with van der Waals surface area (Å²) in [6, 6.07) is 0. The third-order valence-electron chi connectivity index (χ3n) is 1.29. The van der Waals surface area contributed by atoms with Gasteiger partial charge >= 0.3 is 0 Å². The second-order valence-electron chi connectivity index (χ2n) is 2.43. The van der Waals surface area contributed by atoms with Crippen molar-refractivity contribution in [3.8, 4) is 0 Å². The molecule has 64 valence electrons. The highest BCUT2D eigenvalue weighted by Crippen LogP contribution is 1.95. The molecule has 4 nitrogen and oxygen atoms in total. The predicted molar refractivity (Wildman–Crippen MR) is 43.2 cm³/mol. The first-order valence-electron chi connectivity index (χ1n) is 3.51. The van der Waals surface area contributed by atoms with Crippen LogP contribution in [0.1, 0.15) is 12.7 Å². The summed E-state index contributed by atoms with van der Waals surface area (Å²) >= 11 is 0. The number of aromatic nitrogens is 1. The van der Waals surface area contributed by atoms with Crippen LogP contribution in [-0.4, -0.2) is 10.9 Å². The van der Waals surface area contributed by atoms with E-state index in [9.17, 15) is 4.79 Å². The summed E-state index contributed by atoms with van der Waals surface area (Å²) in [5.41, 5.74) is 0.481. The summed E-state index contributed by atoms with van der Waals surface area (Å²) in [6.07, 6.45) is 2.88. The number of nitrogens with zero attached hydrogens (tertiary/aromatic N) is 1. The van der Waals surface area contributed by atoms with Crippen molar-refractivity contribution >= 4 is 5.91 Å². The molecule has 0 aliphatic rings. The molecule has 1 aromatic heterocycles. The number of rotatable bonds is 3. The number of hydrogen-bond acceptors (Lipinski definition) is 3. The lowest BCUT2D eigenvalue weighted by atomic mass is 10.3. The molecule has 1 rings (SSSR count). The van der Waals surface area contributed by atoms with Gasteiger partial charge in [-0.3, -0.25) is 4.79 Å². The molecular weight excluding hydrogens is 156 g/mol. The molecule has 0 radical (unpaired) electrons. The van der Waals surface area contributed by atoms with Crippen LogP contribution in [0, 0.1) is 0 Å². The van der Waals surface area contributed by atoms with Gasteiger partial charge in [0.1, 0.15) is 5.76 Å². The Morgan fingerprint density at radius 1 is 1.83 bits per heavy atom. The summed E-state index contributed by atoms with van der Waals surface area (Å²) < 4.78 is 4.91. The van der Waals surface area contributed by atoms with E-state index in [1.165, 1.54) is 6.39 Å². The molecule has 0 bridgehead atoms. The van der Waals surface area contributed by atoms with Crippen molar-refractivity contribution in [3.05, 3.63) is 30.5 Å². The number of amides is 1. The lowest BCUT2D eigenvalue weighted by Crippen LogP contribution is -2.22. The van der Waals surface area contributed by atoms with Crippen LogP contribution in [0.4, 0.5) is 0 Å². The van der Waals surface area contributed by atoms with Gasteiger partial charge in [0, 0.05) is 5.57 Å². The first-order chi connectivity index (χ1) is 5.70. The van der Waals surface area contributed by atoms with E-state index in [1.54, 1.807) is 13.1 Å². The minimum absolute atomic E-state index is 0.175. The molecule has 0 fully saturated rings. The Labute approximate surface area is 70.3 Å². The summed E-state index contributed by atoms with van der Waals surface area (Å²) in [5, 5.41) is 2.61. The van der Waals surface area contributed by atoms with Gasteiger partial charge in [-0.05, 0) is 6.92 Å². The number of hydrogen-bond donors (Lipinski definition) is 1. The molecule has 0 aromatic carbocycles. The van der Waals surface area contributed by atoms with Crippen molar-refractivity contribution in [1.29, 1.82) is 0 Å². The van der Waals surface area contributed by atoms with Gasteiger partial charge in [0.25, 0.3) is 0 Å². The average Bonchev–Trinajstić information content (AvgIpc) is 2.51. The van der Waals surface area contributed by atoms with Crippen LogP contribution in [0.3, 0.4) is 0 Å². The minimum Gasteiger partial charge on any atom is -0.447 e. The fourth-order valence-corrected chi connectivity index (χ4v) is 0.648. The van der Waals surface area contributed by atoms with Crippen LogP contribution < -0.4 is 5.32 Å². The van der Waals surface area contributed by atoms with Crippen molar-refractivity contribution in [3.63, 3.8) is 0 Å². The smallest absolute Gasteiger partial charge is 0.246 e. The summed E-state index contributed by atoms with van der Waals surface area (Å²) in [7, 11) is 0. The van der Waals surface area contributed by atoms with Crippen molar-refractivity contribution < 1.29 is 9.21 Å². The monoisotopic (exact) mass is 166 g/mol. The normalized spacial score (nSPS) is 9.42. The van der Waals surface area contributed by atoms with E-state index >= 15 is 0 Å². The lowest BCUT2D eigenvalue weighted by Gasteiger charge is -2.00. The zero-order chi connectivity index (χ0) is 8.97. The first-order valence-corrected chi connectivity index (χ1v) is 3.51. The highest BCUT2D eigenvalue weighted by Gasteiger charge is 2.01. The van der Waals surface area contributed by atoms with E-state index in [0.717, 1.165) is 0 Å². The molecular formula is C8H10N2O2. The molecule has 0 saturated carbocycles. The minimum atomic E-state index is -0.175. The van der Waals surface area contributed by atoms with Gasteiger partial charge in [-0.1, -0.05) is 6.58 Å². The van der Waals surface area contributed by atoms with E-state index in [0.29, 0.717) is 17.9 Å². The number of nitrogens with one attached hydrogen (secondary N) is 1. The Balaban J connectivity index is 2.37. The second kappa shape index (κ2) is 3.71. The maximum absolute atomic E-state index is 11.0. The highest BCUT2D eigenvalue weighted by atomic mass is 16.3. The van der Waals surface area contributed by atoms with E-state index in [2.05, 4.69) is 16.9 Å². The maximum Gasteiger partial charge on any atom is 0.246 e. The van der Waals surface area contributed by atoms with Crippen LogP contribution in [0.15, 0.2) is 29.2 Å². The van der Waals surface area contributed by atoms with Crippen molar-refractivity contribution in [1.82, 2.24) is 10.3 Å².